The van der Waals surface area contributed by atoms with Gasteiger partial charge in [0.25, 0.3) is 0 Å². The first kappa shape index (κ1) is 18.1. The quantitative estimate of drug-likeness (QED) is 0.371. The van der Waals surface area contributed by atoms with E-state index >= 15 is 0 Å². The molecule has 0 saturated heterocycles. The summed E-state index contributed by atoms with van der Waals surface area (Å²) in [6.07, 6.45) is 11.3. The number of hydrogen-bond donors (Lipinski definition) is 0. The molecule has 0 aromatic carbocycles. The minimum Gasteiger partial charge on any atom is -0.153 e. The molecule has 0 saturated carbocycles. The summed E-state index contributed by atoms with van der Waals surface area (Å²) >= 11 is 6.68. The van der Waals surface area contributed by atoms with Gasteiger partial charge in [0, 0.05) is 4.87 Å². The molecule has 0 aliphatic heterocycles. The van der Waals surface area contributed by atoms with E-state index in [1.807, 2.05) is 0 Å². The van der Waals surface area contributed by atoms with Crippen molar-refractivity contribution in [2.45, 2.75) is 83.4 Å². The van der Waals surface area contributed by atoms with Gasteiger partial charge >= 0.3 is 0 Å². The average Bonchev–Trinajstić information content (AvgIpc) is 2.21. The van der Waals surface area contributed by atoms with Gasteiger partial charge in [-0.15, -0.1) is 11.6 Å². The Balaban J connectivity index is 0. The molecule has 0 aromatic rings. The van der Waals surface area contributed by atoms with Crippen LogP contribution in [0.15, 0.2) is 0 Å². The van der Waals surface area contributed by atoms with E-state index in [0.29, 0.717) is 0 Å². The van der Waals surface area contributed by atoms with Crippen LogP contribution in [0, 0.1) is 0 Å². The van der Waals surface area contributed by atoms with E-state index in [2.05, 4.69) is 20.8 Å². The molecule has 0 bridgehead atoms. The molecule has 1 atom stereocenters. The van der Waals surface area contributed by atoms with Crippen molar-refractivity contribution in [1.82, 2.24) is 0 Å². The van der Waals surface area contributed by atoms with Gasteiger partial charge in [0.05, 0.1) is 0 Å². The first-order valence-corrected chi connectivity index (χ1v) is 6.75. The Morgan fingerprint density at radius 1 is 0.733 bits per heavy atom. The molecule has 0 heterocycles. The highest BCUT2D eigenvalue weighted by Gasteiger charge is 2.24. The maximum Gasteiger partial charge on any atom is 0.0446 e. The van der Waals surface area contributed by atoms with Crippen LogP contribution in [0.4, 0.5) is 0 Å². The Hall–Kier alpha value is 0.720. The number of rotatable bonds is 9. The predicted octanol–water partition coefficient (Wildman–Crippen LogP) is 5.59. The topological polar surface area (TPSA) is 0 Å². The van der Waals surface area contributed by atoms with Gasteiger partial charge in [-0.2, -0.15) is 9.90 Å². The summed E-state index contributed by atoms with van der Waals surface area (Å²) in [5.41, 5.74) is 0. The van der Waals surface area contributed by atoms with E-state index in [-0.39, 0.29) is 14.8 Å². The molecule has 0 aliphatic rings. The van der Waals surface area contributed by atoms with E-state index in [0.717, 1.165) is 0 Å². The SMILES string of the molecule is CCCCC(Cl)(CCCC)CCCC.P. The molecule has 0 fully saturated rings. The molecule has 94 valence electrons. The normalized spacial score (nSPS) is 11.2. The summed E-state index contributed by atoms with van der Waals surface area (Å²) in [4.78, 5) is 0.127. The maximum absolute atomic E-state index is 6.68. The second kappa shape index (κ2) is 11.2. The standard InChI is InChI=1S/C13H27Cl.H3P/c1-4-7-10-13(14,11-8-5-2)12-9-6-3;/h4-12H2,1-3H3;1H3. The van der Waals surface area contributed by atoms with Gasteiger partial charge in [0.15, 0.2) is 0 Å². The monoisotopic (exact) mass is 252 g/mol. The van der Waals surface area contributed by atoms with Gasteiger partial charge in [-0.05, 0) is 19.3 Å². The maximum atomic E-state index is 6.68. The minimum absolute atomic E-state index is 0. The summed E-state index contributed by atoms with van der Waals surface area (Å²) in [5.74, 6) is 0. The second-order valence-electron chi connectivity index (χ2n) is 4.46. The number of alkyl halides is 1. The fourth-order valence-electron chi connectivity index (χ4n) is 1.86. The van der Waals surface area contributed by atoms with Gasteiger partial charge in [0.2, 0.25) is 0 Å². The van der Waals surface area contributed by atoms with Gasteiger partial charge in [-0.3, -0.25) is 0 Å². The van der Waals surface area contributed by atoms with Crippen molar-refractivity contribution in [3.8, 4) is 0 Å². The molecule has 0 nitrogen and oxygen atoms in total. The smallest absolute Gasteiger partial charge is 0.0446 e. The Morgan fingerprint density at radius 3 is 1.20 bits per heavy atom. The Morgan fingerprint density at radius 2 is 1.00 bits per heavy atom. The summed E-state index contributed by atoms with van der Waals surface area (Å²) < 4.78 is 0. The van der Waals surface area contributed by atoms with Gasteiger partial charge < -0.3 is 0 Å². The molecular weight excluding hydrogens is 223 g/mol. The van der Waals surface area contributed by atoms with E-state index in [1.54, 1.807) is 0 Å². The van der Waals surface area contributed by atoms with Crippen LogP contribution < -0.4 is 0 Å². The third-order valence-electron chi connectivity index (χ3n) is 2.94. The minimum atomic E-state index is 0. The van der Waals surface area contributed by atoms with Crippen LogP contribution in [-0.2, 0) is 0 Å². The van der Waals surface area contributed by atoms with E-state index in [9.17, 15) is 0 Å². The first-order chi connectivity index (χ1) is 6.68. The average molecular weight is 253 g/mol. The molecule has 0 amide bonds. The van der Waals surface area contributed by atoms with Crippen molar-refractivity contribution >= 4 is 21.5 Å². The van der Waals surface area contributed by atoms with E-state index in [4.69, 9.17) is 11.6 Å². The molecule has 0 radical (unpaired) electrons. The lowest BCUT2D eigenvalue weighted by Crippen LogP contribution is -2.21. The van der Waals surface area contributed by atoms with Crippen molar-refractivity contribution in [2.24, 2.45) is 0 Å². The van der Waals surface area contributed by atoms with Crippen LogP contribution in [0.5, 0.6) is 0 Å². The van der Waals surface area contributed by atoms with Crippen LogP contribution in [-0.4, -0.2) is 4.87 Å². The Labute approximate surface area is 105 Å². The highest BCUT2D eigenvalue weighted by Crippen LogP contribution is 2.33. The van der Waals surface area contributed by atoms with Crippen molar-refractivity contribution < 1.29 is 0 Å². The van der Waals surface area contributed by atoms with Crippen LogP contribution in [0.3, 0.4) is 0 Å². The molecule has 0 rings (SSSR count). The highest BCUT2D eigenvalue weighted by atomic mass is 35.5. The third kappa shape index (κ3) is 9.64. The summed E-state index contributed by atoms with van der Waals surface area (Å²) in [7, 11) is 0. The molecule has 0 spiro atoms. The lowest BCUT2D eigenvalue weighted by molar-refractivity contribution is 0.416. The summed E-state index contributed by atoms with van der Waals surface area (Å²) in [6.45, 7) is 6.74. The van der Waals surface area contributed by atoms with Crippen molar-refractivity contribution in [2.75, 3.05) is 0 Å². The third-order valence-corrected chi connectivity index (χ3v) is 3.50. The lowest BCUT2D eigenvalue weighted by Gasteiger charge is -2.27. The predicted molar refractivity (Wildman–Crippen MR) is 78.3 cm³/mol. The van der Waals surface area contributed by atoms with E-state index < -0.39 is 0 Å². The lowest BCUT2D eigenvalue weighted by atomic mass is 9.90. The van der Waals surface area contributed by atoms with Crippen molar-refractivity contribution in [3.05, 3.63) is 0 Å². The number of unbranched alkanes of at least 4 members (excludes halogenated alkanes) is 3. The van der Waals surface area contributed by atoms with Crippen LogP contribution >= 0.6 is 21.5 Å². The molecule has 15 heavy (non-hydrogen) atoms. The number of halogens is 1. The first-order valence-electron chi connectivity index (χ1n) is 6.37. The largest absolute Gasteiger partial charge is 0.153 e. The Kier molecular flexibility index (Phi) is 13.5. The fourth-order valence-corrected chi connectivity index (χ4v) is 2.26. The van der Waals surface area contributed by atoms with Crippen LogP contribution in [0.1, 0.15) is 78.6 Å². The van der Waals surface area contributed by atoms with Crippen LogP contribution in [0.2, 0.25) is 0 Å². The van der Waals surface area contributed by atoms with Crippen molar-refractivity contribution in [1.29, 1.82) is 0 Å². The van der Waals surface area contributed by atoms with Gasteiger partial charge in [0.1, 0.15) is 0 Å². The molecular formula is C13H30ClP. The number of hydrogen-bond acceptors (Lipinski definition) is 0. The zero-order valence-corrected chi connectivity index (χ0v) is 13.1. The molecule has 1 unspecified atom stereocenters. The van der Waals surface area contributed by atoms with Gasteiger partial charge in [-0.25, -0.2) is 0 Å². The zero-order valence-electron chi connectivity index (χ0n) is 10.9. The van der Waals surface area contributed by atoms with Gasteiger partial charge in [-0.1, -0.05) is 59.3 Å². The highest BCUT2D eigenvalue weighted by molar-refractivity contribution is 6.92. The Bertz CT molecular complexity index is 104. The molecule has 0 aliphatic carbocycles. The molecule has 0 aromatic heterocycles. The van der Waals surface area contributed by atoms with Crippen LogP contribution in [0.25, 0.3) is 0 Å². The summed E-state index contributed by atoms with van der Waals surface area (Å²) in [6, 6.07) is 0. The summed E-state index contributed by atoms with van der Waals surface area (Å²) in [5, 5.41) is 0. The second-order valence-corrected chi connectivity index (χ2v) is 5.26. The van der Waals surface area contributed by atoms with E-state index in [1.165, 1.54) is 57.8 Å². The fraction of sp³-hybridized carbons (Fsp3) is 1.00. The molecule has 0 N–H and O–H groups in total. The molecule has 2 heteroatoms. The zero-order chi connectivity index (χ0) is 10.9. The van der Waals surface area contributed by atoms with Crippen molar-refractivity contribution in [3.63, 3.8) is 0 Å².